The highest BCUT2D eigenvalue weighted by molar-refractivity contribution is 7.18. The van der Waals surface area contributed by atoms with Crippen LogP contribution in [0.15, 0.2) is 27.9 Å². The molecular weight excluding hydrogens is 421 g/mol. The van der Waals surface area contributed by atoms with Crippen molar-refractivity contribution in [1.29, 1.82) is 0 Å². The van der Waals surface area contributed by atoms with Crippen LogP contribution < -0.4 is 30.8 Å². The fourth-order valence-electron chi connectivity index (χ4n) is 2.51. The van der Waals surface area contributed by atoms with E-state index in [0.717, 1.165) is 15.9 Å². The van der Waals surface area contributed by atoms with E-state index in [1.165, 1.54) is 21.3 Å². The van der Waals surface area contributed by atoms with Gasteiger partial charge in [-0.25, -0.2) is 4.79 Å². The van der Waals surface area contributed by atoms with E-state index in [0.29, 0.717) is 34.0 Å². The Morgan fingerprint density at radius 2 is 1.83 bits per heavy atom. The molecule has 2 N–H and O–H groups in total. The van der Waals surface area contributed by atoms with Crippen LogP contribution in [0.2, 0.25) is 0 Å². The predicted octanol–water partition coefficient (Wildman–Crippen LogP) is 0.859. The molecule has 3 rings (SSSR count). The Morgan fingerprint density at radius 3 is 2.43 bits per heavy atom. The maximum absolute atomic E-state index is 13.3. The predicted molar refractivity (Wildman–Crippen MR) is 105 cm³/mol. The molecular formula is C17H16FN5O6S. The number of ether oxygens (including phenoxy) is 3. The number of aromatic amines is 1. The number of benzene rings is 1. The number of nitrogens with zero attached hydrogens (tertiary/aromatic N) is 3. The number of nitrogens with one attached hydrogen (secondary N) is 2. The van der Waals surface area contributed by atoms with Crippen LogP contribution in [-0.2, 0) is 11.3 Å². The number of halogens is 1. The summed E-state index contributed by atoms with van der Waals surface area (Å²) < 4.78 is 29.9. The lowest BCUT2D eigenvalue weighted by Crippen LogP contribution is -2.34. The first-order valence-electron chi connectivity index (χ1n) is 8.29. The number of aromatic nitrogens is 4. The van der Waals surface area contributed by atoms with Gasteiger partial charge in [-0.05, 0) is 12.1 Å². The zero-order valence-electron chi connectivity index (χ0n) is 16.0. The van der Waals surface area contributed by atoms with Crippen molar-refractivity contribution in [3.05, 3.63) is 45.0 Å². The van der Waals surface area contributed by atoms with Crippen molar-refractivity contribution in [2.45, 2.75) is 6.54 Å². The number of anilines is 1. The molecule has 0 bridgehead atoms. The zero-order chi connectivity index (χ0) is 21.8. The average Bonchev–Trinajstić information content (AvgIpc) is 3.19. The Bertz CT molecular complexity index is 1180. The van der Waals surface area contributed by atoms with Crippen LogP contribution >= 0.6 is 11.3 Å². The summed E-state index contributed by atoms with van der Waals surface area (Å²) in [6, 6.07) is 3.35. The molecule has 0 aliphatic carbocycles. The molecule has 0 saturated heterocycles. The Hall–Kier alpha value is -3.74. The summed E-state index contributed by atoms with van der Waals surface area (Å²) in [5.74, 6) is -0.571. The molecule has 0 aliphatic heterocycles. The van der Waals surface area contributed by atoms with Crippen LogP contribution in [0.25, 0.3) is 10.6 Å². The van der Waals surface area contributed by atoms with Gasteiger partial charge in [0.2, 0.25) is 22.6 Å². The Balaban J connectivity index is 1.80. The zero-order valence-corrected chi connectivity index (χ0v) is 16.8. The Labute approximate surface area is 172 Å². The molecule has 0 unspecified atom stereocenters. The van der Waals surface area contributed by atoms with E-state index >= 15 is 0 Å². The number of H-pyrrole nitrogens is 1. The molecule has 0 aliphatic rings. The number of methoxy groups -OCH3 is 3. The van der Waals surface area contributed by atoms with Gasteiger partial charge in [-0.1, -0.05) is 11.3 Å². The van der Waals surface area contributed by atoms with Crippen LogP contribution in [0.4, 0.5) is 9.52 Å². The first kappa shape index (κ1) is 21.0. The molecule has 2 aromatic heterocycles. The molecule has 0 saturated carbocycles. The number of hydrogen-bond donors (Lipinski definition) is 2. The highest BCUT2D eigenvalue weighted by Crippen LogP contribution is 2.42. The smallest absolute Gasteiger partial charge is 0.328 e. The maximum atomic E-state index is 13.3. The van der Waals surface area contributed by atoms with Crippen LogP contribution in [0.5, 0.6) is 17.2 Å². The van der Waals surface area contributed by atoms with Crippen molar-refractivity contribution in [2.24, 2.45) is 0 Å². The van der Waals surface area contributed by atoms with Crippen LogP contribution in [0, 0.1) is 5.82 Å². The van der Waals surface area contributed by atoms with Gasteiger partial charge in [0.05, 0.1) is 27.5 Å². The van der Waals surface area contributed by atoms with Crippen molar-refractivity contribution >= 4 is 22.4 Å². The van der Waals surface area contributed by atoms with Crippen LogP contribution in [0.3, 0.4) is 0 Å². The molecule has 0 fully saturated rings. The molecule has 0 radical (unpaired) electrons. The summed E-state index contributed by atoms with van der Waals surface area (Å²) in [5.41, 5.74) is -1.45. The minimum atomic E-state index is -1.18. The monoisotopic (exact) mass is 437 g/mol. The van der Waals surface area contributed by atoms with Gasteiger partial charge in [-0.2, -0.15) is 4.39 Å². The summed E-state index contributed by atoms with van der Waals surface area (Å²) in [6.07, 6.45) is 0.655. The molecule has 13 heteroatoms. The van der Waals surface area contributed by atoms with Crippen molar-refractivity contribution in [3.63, 3.8) is 0 Å². The second kappa shape index (κ2) is 8.73. The summed E-state index contributed by atoms with van der Waals surface area (Å²) in [4.78, 5) is 36.6. The van der Waals surface area contributed by atoms with E-state index in [1.54, 1.807) is 17.1 Å². The lowest BCUT2D eigenvalue weighted by atomic mass is 10.2. The van der Waals surface area contributed by atoms with Crippen molar-refractivity contribution in [3.8, 4) is 27.8 Å². The minimum Gasteiger partial charge on any atom is -0.493 e. The van der Waals surface area contributed by atoms with Crippen LogP contribution in [0.1, 0.15) is 0 Å². The highest BCUT2D eigenvalue weighted by atomic mass is 32.1. The second-order valence-electron chi connectivity index (χ2n) is 5.74. The van der Waals surface area contributed by atoms with E-state index in [4.69, 9.17) is 14.2 Å². The van der Waals surface area contributed by atoms with Crippen LogP contribution in [-0.4, -0.2) is 47.0 Å². The van der Waals surface area contributed by atoms with Gasteiger partial charge in [-0.3, -0.25) is 24.5 Å². The van der Waals surface area contributed by atoms with Gasteiger partial charge in [0.25, 0.3) is 5.56 Å². The maximum Gasteiger partial charge on any atom is 0.328 e. The van der Waals surface area contributed by atoms with E-state index in [-0.39, 0.29) is 5.13 Å². The third-order valence-electron chi connectivity index (χ3n) is 3.86. The van der Waals surface area contributed by atoms with E-state index in [9.17, 15) is 18.8 Å². The number of hydrogen-bond acceptors (Lipinski definition) is 9. The van der Waals surface area contributed by atoms with Crippen molar-refractivity contribution in [1.82, 2.24) is 19.7 Å². The van der Waals surface area contributed by atoms with Gasteiger partial charge in [0.15, 0.2) is 11.5 Å². The molecule has 30 heavy (non-hydrogen) atoms. The van der Waals surface area contributed by atoms with Gasteiger partial charge in [-0.15, -0.1) is 10.2 Å². The summed E-state index contributed by atoms with van der Waals surface area (Å²) in [5, 5.41) is 11.0. The Kier molecular flexibility index (Phi) is 6.11. The number of amides is 1. The molecule has 3 aromatic rings. The number of rotatable bonds is 7. The largest absolute Gasteiger partial charge is 0.493 e. The Morgan fingerprint density at radius 1 is 1.17 bits per heavy atom. The number of carbonyl (C=O) groups excluding carboxylic acids is 1. The van der Waals surface area contributed by atoms with Crippen molar-refractivity contribution < 1.29 is 23.4 Å². The van der Waals surface area contributed by atoms with Gasteiger partial charge < -0.3 is 14.2 Å². The second-order valence-corrected chi connectivity index (χ2v) is 6.72. The quantitative estimate of drug-likeness (QED) is 0.555. The summed E-state index contributed by atoms with van der Waals surface area (Å²) >= 11 is 1.06. The SMILES string of the molecule is COc1cc(-c2nnc(NC(=O)Cn3cc(F)c(=O)[nH]c3=O)s2)cc(OC)c1OC. The van der Waals surface area contributed by atoms with E-state index in [2.05, 4.69) is 15.5 Å². The highest BCUT2D eigenvalue weighted by Gasteiger charge is 2.17. The lowest BCUT2D eigenvalue weighted by Gasteiger charge is -2.13. The average molecular weight is 437 g/mol. The normalized spacial score (nSPS) is 10.5. The van der Waals surface area contributed by atoms with Gasteiger partial charge >= 0.3 is 5.69 Å². The standard InChI is InChI=1S/C17H16FN5O6S/c1-27-10-4-8(5-11(28-2)13(10)29-3)15-21-22-16(30-15)19-12(24)7-23-6-9(18)14(25)20-17(23)26/h4-6H,7H2,1-3H3,(H,19,22,24)(H,20,25,26). The van der Waals surface area contributed by atoms with Gasteiger partial charge in [0, 0.05) is 5.56 Å². The van der Waals surface area contributed by atoms with E-state index < -0.39 is 29.5 Å². The fraction of sp³-hybridized carbons (Fsp3) is 0.235. The van der Waals surface area contributed by atoms with E-state index in [1.807, 2.05) is 0 Å². The third-order valence-corrected chi connectivity index (χ3v) is 4.75. The third kappa shape index (κ3) is 4.30. The molecule has 11 nitrogen and oxygen atoms in total. The lowest BCUT2D eigenvalue weighted by molar-refractivity contribution is -0.116. The molecule has 2 heterocycles. The first-order chi connectivity index (χ1) is 14.4. The minimum absolute atomic E-state index is 0.154. The van der Waals surface area contributed by atoms with Gasteiger partial charge in [0.1, 0.15) is 11.6 Å². The molecule has 1 aromatic carbocycles. The molecule has 1 amide bonds. The number of carbonyl (C=O) groups is 1. The first-order valence-corrected chi connectivity index (χ1v) is 9.11. The fourth-order valence-corrected chi connectivity index (χ4v) is 3.26. The molecule has 158 valence electrons. The summed E-state index contributed by atoms with van der Waals surface area (Å²) in [7, 11) is 4.45. The summed E-state index contributed by atoms with van der Waals surface area (Å²) in [6.45, 7) is -0.522. The molecule has 0 atom stereocenters. The topological polar surface area (TPSA) is 137 Å². The van der Waals surface area contributed by atoms with Crippen molar-refractivity contribution in [2.75, 3.05) is 26.6 Å². The molecule has 0 spiro atoms.